The Labute approximate surface area is 76.1 Å². The van der Waals surface area contributed by atoms with E-state index in [1.54, 1.807) is 18.3 Å². The third-order valence-corrected chi connectivity index (χ3v) is 1.30. The fourth-order valence-corrected chi connectivity index (χ4v) is 0.767. The Kier molecular flexibility index (Phi) is 3.45. The van der Waals surface area contributed by atoms with Crippen LogP contribution in [-0.2, 0) is 4.79 Å². The van der Waals surface area contributed by atoms with Crippen molar-refractivity contribution < 1.29 is 9.90 Å². The fourth-order valence-electron chi connectivity index (χ4n) is 0.767. The topological polar surface area (TPSA) is 50.2 Å². The maximum Gasteiger partial charge on any atom is 0.328 e. The van der Waals surface area contributed by atoms with Gasteiger partial charge in [0.05, 0.1) is 5.69 Å². The molecule has 1 heterocycles. The summed E-state index contributed by atoms with van der Waals surface area (Å²) in [5.41, 5.74) is 0.803. The van der Waals surface area contributed by atoms with Crippen LogP contribution in [0.5, 0.6) is 0 Å². The number of allylic oxidation sites excluding steroid dienone is 2. The number of rotatable bonds is 3. The first-order valence-corrected chi connectivity index (χ1v) is 3.78. The van der Waals surface area contributed by atoms with Crippen LogP contribution in [-0.4, -0.2) is 16.1 Å². The molecule has 0 saturated heterocycles. The Morgan fingerprint density at radius 3 is 2.85 bits per heavy atom. The van der Waals surface area contributed by atoms with Gasteiger partial charge in [0, 0.05) is 12.3 Å². The zero-order valence-electron chi connectivity index (χ0n) is 6.92. The second kappa shape index (κ2) is 4.87. The van der Waals surface area contributed by atoms with Crippen molar-refractivity contribution in [1.82, 2.24) is 4.98 Å². The van der Waals surface area contributed by atoms with Gasteiger partial charge < -0.3 is 5.11 Å². The van der Waals surface area contributed by atoms with E-state index in [-0.39, 0.29) is 0 Å². The smallest absolute Gasteiger partial charge is 0.328 e. The normalized spacial score (nSPS) is 11.1. The second-order valence-corrected chi connectivity index (χ2v) is 2.31. The summed E-state index contributed by atoms with van der Waals surface area (Å²) >= 11 is 0. The third-order valence-electron chi connectivity index (χ3n) is 1.30. The summed E-state index contributed by atoms with van der Waals surface area (Å²) in [6.45, 7) is 0. The highest BCUT2D eigenvalue weighted by molar-refractivity contribution is 5.80. The van der Waals surface area contributed by atoms with E-state index < -0.39 is 5.97 Å². The molecule has 0 spiro atoms. The van der Waals surface area contributed by atoms with Gasteiger partial charge in [-0.1, -0.05) is 18.2 Å². The summed E-state index contributed by atoms with van der Waals surface area (Å²) in [7, 11) is 0. The lowest BCUT2D eigenvalue weighted by atomic mass is 10.3. The van der Waals surface area contributed by atoms with Crippen LogP contribution >= 0.6 is 0 Å². The SMILES string of the molecule is O=C(O)C=CC=Cc1ccccn1. The molecule has 0 unspecified atom stereocenters. The first-order chi connectivity index (χ1) is 6.29. The fraction of sp³-hybridized carbons (Fsp3) is 0. The van der Waals surface area contributed by atoms with E-state index in [1.165, 1.54) is 6.08 Å². The lowest BCUT2D eigenvalue weighted by Gasteiger charge is -1.87. The van der Waals surface area contributed by atoms with Crippen molar-refractivity contribution in [3.63, 3.8) is 0 Å². The van der Waals surface area contributed by atoms with Crippen LogP contribution in [0.3, 0.4) is 0 Å². The van der Waals surface area contributed by atoms with Crippen molar-refractivity contribution in [3.05, 3.63) is 48.3 Å². The molecule has 66 valence electrons. The van der Waals surface area contributed by atoms with Gasteiger partial charge in [0.15, 0.2) is 0 Å². The molecule has 0 aromatic carbocycles. The summed E-state index contributed by atoms with van der Waals surface area (Å²) in [5, 5.41) is 8.27. The standard InChI is InChI=1S/C10H9NO2/c12-10(13)7-2-1-5-9-6-3-4-8-11-9/h1-8H,(H,12,13). The van der Waals surface area contributed by atoms with Crippen molar-refractivity contribution in [2.75, 3.05) is 0 Å². The molecule has 1 aromatic heterocycles. The molecule has 1 aromatic rings. The van der Waals surface area contributed by atoms with Gasteiger partial charge in [-0.25, -0.2) is 4.79 Å². The molecule has 1 rings (SSSR count). The molecule has 0 atom stereocenters. The van der Waals surface area contributed by atoms with Gasteiger partial charge in [0.1, 0.15) is 0 Å². The zero-order valence-corrected chi connectivity index (χ0v) is 6.92. The van der Waals surface area contributed by atoms with E-state index in [9.17, 15) is 4.79 Å². The predicted molar refractivity (Wildman–Crippen MR) is 50.0 cm³/mol. The van der Waals surface area contributed by atoms with E-state index in [0.717, 1.165) is 11.8 Å². The van der Waals surface area contributed by atoms with E-state index in [2.05, 4.69) is 4.98 Å². The quantitative estimate of drug-likeness (QED) is 0.562. The van der Waals surface area contributed by atoms with Crippen molar-refractivity contribution in [1.29, 1.82) is 0 Å². The number of nitrogens with zero attached hydrogens (tertiary/aromatic N) is 1. The van der Waals surface area contributed by atoms with Gasteiger partial charge in [-0.2, -0.15) is 0 Å². The number of hydrogen-bond acceptors (Lipinski definition) is 2. The van der Waals surface area contributed by atoms with Gasteiger partial charge in [0.2, 0.25) is 0 Å². The number of carboxylic acids is 1. The van der Waals surface area contributed by atoms with Crippen LogP contribution in [0.15, 0.2) is 42.6 Å². The summed E-state index contributed by atoms with van der Waals surface area (Å²) in [6, 6.07) is 5.53. The highest BCUT2D eigenvalue weighted by Gasteiger charge is 1.83. The average Bonchev–Trinajstić information content (AvgIpc) is 2.14. The summed E-state index contributed by atoms with van der Waals surface area (Å²) < 4.78 is 0. The summed E-state index contributed by atoms with van der Waals surface area (Å²) in [6.07, 6.45) is 7.58. The number of aliphatic carboxylic acids is 1. The Hall–Kier alpha value is -1.90. The summed E-state index contributed by atoms with van der Waals surface area (Å²) in [5.74, 6) is -0.953. The maximum absolute atomic E-state index is 10.1. The van der Waals surface area contributed by atoms with Crippen molar-refractivity contribution in [3.8, 4) is 0 Å². The molecule has 0 fully saturated rings. The number of carboxylic acid groups (broad SMARTS) is 1. The molecule has 0 amide bonds. The van der Waals surface area contributed by atoms with E-state index in [1.807, 2.05) is 18.2 Å². The highest BCUT2D eigenvalue weighted by Crippen LogP contribution is 1.95. The van der Waals surface area contributed by atoms with E-state index in [4.69, 9.17) is 5.11 Å². The Bertz CT molecular complexity index is 328. The number of hydrogen-bond donors (Lipinski definition) is 1. The van der Waals surface area contributed by atoms with Crippen LogP contribution in [0.4, 0.5) is 0 Å². The van der Waals surface area contributed by atoms with Gasteiger partial charge in [-0.3, -0.25) is 4.98 Å². The maximum atomic E-state index is 10.1. The minimum absolute atomic E-state index is 0.803. The van der Waals surface area contributed by atoms with Crippen molar-refractivity contribution >= 4 is 12.0 Å². The molecule has 0 aliphatic heterocycles. The second-order valence-electron chi connectivity index (χ2n) is 2.31. The number of carbonyl (C=O) groups is 1. The monoisotopic (exact) mass is 175 g/mol. The molecule has 1 N–H and O–H groups in total. The van der Waals surface area contributed by atoms with Gasteiger partial charge in [-0.15, -0.1) is 0 Å². The molecule has 0 bridgehead atoms. The van der Waals surface area contributed by atoms with Crippen LogP contribution in [0.2, 0.25) is 0 Å². The van der Waals surface area contributed by atoms with Crippen LogP contribution in [0.1, 0.15) is 5.69 Å². The van der Waals surface area contributed by atoms with Crippen molar-refractivity contribution in [2.45, 2.75) is 0 Å². The lowest BCUT2D eigenvalue weighted by molar-refractivity contribution is -0.131. The van der Waals surface area contributed by atoms with Crippen LogP contribution < -0.4 is 0 Å². The molecule has 0 radical (unpaired) electrons. The minimum Gasteiger partial charge on any atom is -0.478 e. The Morgan fingerprint density at radius 1 is 1.38 bits per heavy atom. The first-order valence-electron chi connectivity index (χ1n) is 3.78. The molecular weight excluding hydrogens is 166 g/mol. The molecule has 3 nitrogen and oxygen atoms in total. The molecule has 0 aliphatic carbocycles. The van der Waals surface area contributed by atoms with Crippen LogP contribution in [0, 0.1) is 0 Å². The molecule has 0 saturated carbocycles. The lowest BCUT2D eigenvalue weighted by Crippen LogP contribution is -1.84. The molecular formula is C10H9NO2. The van der Waals surface area contributed by atoms with Crippen molar-refractivity contribution in [2.24, 2.45) is 0 Å². The van der Waals surface area contributed by atoms with E-state index in [0.29, 0.717) is 0 Å². The van der Waals surface area contributed by atoms with Gasteiger partial charge >= 0.3 is 5.97 Å². The van der Waals surface area contributed by atoms with E-state index >= 15 is 0 Å². The third kappa shape index (κ3) is 3.86. The zero-order chi connectivity index (χ0) is 9.52. The Morgan fingerprint density at radius 2 is 2.23 bits per heavy atom. The highest BCUT2D eigenvalue weighted by atomic mass is 16.4. The average molecular weight is 175 g/mol. The summed E-state index contributed by atoms with van der Waals surface area (Å²) in [4.78, 5) is 14.1. The molecule has 13 heavy (non-hydrogen) atoms. The number of aromatic nitrogens is 1. The Balaban J connectivity index is 2.55. The van der Waals surface area contributed by atoms with Gasteiger partial charge in [-0.05, 0) is 18.2 Å². The predicted octanol–water partition coefficient (Wildman–Crippen LogP) is 1.74. The number of pyridine rings is 1. The molecule has 3 heteroatoms. The van der Waals surface area contributed by atoms with Gasteiger partial charge in [0.25, 0.3) is 0 Å². The first kappa shape index (κ1) is 9.19. The minimum atomic E-state index is -0.953. The largest absolute Gasteiger partial charge is 0.478 e. The molecule has 0 aliphatic rings. The van der Waals surface area contributed by atoms with Crippen LogP contribution in [0.25, 0.3) is 6.08 Å².